The molecule has 0 bridgehead atoms. The Kier molecular flexibility index (Phi) is 3.13. The summed E-state index contributed by atoms with van der Waals surface area (Å²) in [5.41, 5.74) is 9.25. The van der Waals surface area contributed by atoms with Crippen molar-refractivity contribution in [2.24, 2.45) is 0 Å². The molecular formula is C15H16N4O2. The molecule has 21 heavy (non-hydrogen) atoms. The summed E-state index contributed by atoms with van der Waals surface area (Å²) < 4.78 is 12.4. The minimum Gasteiger partial charge on any atom is -0.497 e. The molecule has 0 saturated heterocycles. The zero-order valence-electron chi connectivity index (χ0n) is 12.1. The normalized spacial score (nSPS) is 10.8. The third kappa shape index (κ3) is 2.24. The Labute approximate surface area is 122 Å². The van der Waals surface area contributed by atoms with E-state index in [-0.39, 0.29) is 0 Å². The van der Waals surface area contributed by atoms with Crippen molar-refractivity contribution in [2.75, 3.05) is 20.0 Å². The quantitative estimate of drug-likeness (QED) is 0.798. The van der Waals surface area contributed by atoms with E-state index in [0.29, 0.717) is 23.0 Å². The molecule has 0 fully saturated rings. The van der Waals surface area contributed by atoms with Gasteiger partial charge in [0.1, 0.15) is 11.5 Å². The van der Waals surface area contributed by atoms with Gasteiger partial charge >= 0.3 is 0 Å². The average Bonchev–Trinajstić information content (AvgIpc) is 2.90. The van der Waals surface area contributed by atoms with Crippen LogP contribution in [0.3, 0.4) is 0 Å². The first-order valence-electron chi connectivity index (χ1n) is 6.46. The Morgan fingerprint density at radius 3 is 2.29 bits per heavy atom. The van der Waals surface area contributed by atoms with Gasteiger partial charge in [-0.15, -0.1) is 10.2 Å². The zero-order chi connectivity index (χ0) is 15.0. The monoisotopic (exact) mass is 284 g/mol. The van der Waals surface area contributed by atoms with Crippen molar-refractivity contribution in [1.29, 1.82) is 0 Å². The Bertz CT molecular complexity index is 789. The Hall–Kier alpha value is -2.76. The smallest absolute Gasteiger partial charge is 0.168 e. The number of nitrogen functional groups attached to an aromatic ring is 1. The van der Waals surface area contributed by atoms with Gasteiger partial charge in [0.05, 0.1) is 19.9 Å². The topological polar surface area (TPSA) is 74.7 Å². The highest BCUT2D eigenvalue weighted by Gasteiger charge is 2.12. The van der Waals surface area contributed by atoms with Crippen LogP contribution in [0.1, 0.15) is 5.56 Å². The molecule has 0 radical (unpaired) electrons. The van der Waals surface area contributed by atoms with E-state index in [1.54, 1.807) is 14.2 Å². The Morgan fingerprint density at radius 2 is 1.67 bits per heavy atom. The molecule has 0 aliphatic carbocycles. The first kappa shape index (κ1) is 13.2. The molecule has 108 valence electrons. The minimum absolute atomic E-state index is 0.689. The van der Waals surface area contributed by atoms with Crippen LogP contribution >= 0.6 is 0 Å². The van der Waals surface area contributed by atoms with Crippen molar-refractivity contribution in [3.05, 3.63) is 36.0 Å². The summed E-state index contributed by atoms with van der Waals surface area (Å²) in [6.45, 7) is 1.94. The number of nitrogens with two attached hydrogens (primary N) is 1. The highest BCUT2D eigenvalue weighted by molar-refractivity contribution is 5.65. The van der Waals surface area contributed by atoms with Crippen LogP contribution in [-0.4, -0.2) is 28.8 Å². The van der Waals surface area contributed by atoms with Crippen LogP contribution < -0.4 is 15.2 Å². The van der Waals surface area contributed by atoms with Gasteiger partial charge in [-0.3, -0.25) is 4.40 Å². The summed E-state index contributed by atoms with van der Waals surface area (Å²) in [5, 5.41) is 8.43. The lowest BCUT2D eigenvalue weighted by Gasteiger charge is -2.08. The van der Waals surface area contributed by atoms with Gasteiger partial charge in [0, 0.05) is 17.8 Å². The number of pyridine rings is 1. The first-order valence-corrected chi connectivity index (χ1v) is 6.46. The van der Waals surface area contributed by atoms with E-state index in [1.165, 1.54) is 0 Å². The highest BCUT2D eigenvalue weighted by atomic mass is 16.5. The van der Waals surface area contributed by atoms with Crippen LogP contribution in [0.25, 0.3) is 17.0 Å². The number of hydrogen-bond acceptors (Lipinski definition) is 5. The van der Waals surface area contributed by atoms with E-state index in [0.717, 1.165) is 16.8 Å². The standard InChI is InChI=1S/C15H16N4O2/c1-9-4-14-17-18-15(19(14)8-13(9)16)10-5-11(20-2)7-12(6-10)21-3/h4-8H,16H2,1-3H3. The molecule has 1 aromatic carbocycles. The molecule has 0 amide bonds. The number of methoxy groups -OCH3 is 2. The summed E-state index contributed by atoms with van der Waals surface area (Å²) >= 11 is 0. The predicted octanol–water partition coefficient (Wildman–Crippen LogP) is 2.30. The van der Waals surface area contributed by atoms with Crippen molar-refractivity contribution in [1.82, 2.24) is 14.6 Å². The fourth-order valence-corrected chi connectivity index (χ4v) is 2.18. The molecule has 0 spiro atoms. The van der Waals surface area contributed by atoms with Crippen LogP contribution in [0.4, 0.5) is 5.69 Å². The number of aromatic nitrogens is 3. The number of hydrogen-bond donors (Lipinski definition) is 1. The fraction of sp³-hybridized carbons (Fsp3) is 0.200. The van der Waals surface area contributed by atoms with Gasteiger partial charge in [0.15, 0.2) is 11.5 Å². The number of fused-ring (bicyclic) bond motifs is 1. The molecule has 3 aromatic rings. The summed E-state index contributed by atoms with van der Waals surface area (Å²) in [6.07, 6.45) is 1.83. The van der Waals surface area contributed by atoms with E-state index in [4.69, 9.17) is 15.2 Å². The number of rotatable bonds is 3. The van der Waals surface area contributed by atoms with E-state index in [9.17, 15) is 0 Å². The van der Waals surface area contributed by atoms with Crippen molar-refractivity contribution in [2.45, 2.75) is 6.92 Å². The molecule has 0 unspecified atom stereocenters. The molecule has 2 heterocycles. The van der Waals surface area contributed by atoms with Crippen molar-refractivity contribution >= 4 is 11.3 Å². The summed E-state index contributed by atoms with van der Waals surface area (Å²) in [5.74, 6) is 2.08. The lowest BCUT2D eigenvalue weighted by atomic mass is 10.2. The molecule has 2 N–H and O–H groups in total. The van der Waals surface area contributed by atoms with E-state index in [2.05, 4.69) is 10.2 Å². The van der Waals surface area contributed by atoms with E-state index in [1.807, 2.05) is 41.8 Å². The molecule has 6 nitrogen and oxygen atoms in total. The minimum atomic E-state index is 0.689. The molecule has 0 aliphatic rings. The first-order chi connectivity index (χ1) is 10.1. The predicted molar refractivity (Wildman–Crippen MR) is 80.7 cm³/mol. The summed E-state index contributed by atoms with van der Waals surface area (Å²) in [4.78, 5) is 0. The maximum Gasteiger partial charge on any atom is 0.168 e. The fourth-order valence-electron chi connectivity index (χ4n) is 2.18. The maximum atomic E-state index is 5.98. The Balaban J connectivity index is 2.22. The molecule has 2 aromatic heterocycles. The molecular weight excluding hydrogens is 268 g/mol. The van der Waals surface area contributed by atoms with Crippen LogP contribution in [0.2, 0.25) is 0 Å². The van der Waals surface area contributed by atoms with Gasteiger partial charge in [-0.25, -0.2) is 0 Å². The largest absolute Gasteiger partial charge is 0.497 e. The number of aryl methyl sites for hydroxylation is 1. The second kappa shape index (κ2) is 4.97. The highest BCUT2D eigenvalue weighted by Crippen LogP contribution is 2.29. The van der Waals surface area contributed by atoms with Gasteiger partial charge in [-0.1, -0.05) is 0 Å². The molecule has 0 saturated carbocycles. The molecule has 3 rings (SSSR count). The molecule has 6 heteroatoms. The average molecular weight is 284 g/mol. The van der Waals surface area contributed by atoms with E-state index < -0.39 is 0 Å². The second-order valence-corrected chi connectivity index (χ2v) is 4.76. The van der Waals surface area contributed by atoms with Crippen LogP contribution in [-0.2, 0) is 0 Å². The maximum absolute atomic E-state index is 5.98. The number of ether oxygens (including phenoxy) is 2. The van der Waals surface area contributed by atoms with Crippen molar-refractivity contribution in [3.8, 4) is 22.9 Å². The molecule has 0 aliphatic heterocycles. The van der Waals surface area contributed by atoms with Crippen LogP contribution in [0.5, 0.6) is 11.5 Å². The van der Waals surface area contributed by atoms with Crippen LogP contribution in [0, 0.1) is 6.92 Å². The number of benzene rings is 1. The third-order valence-corrected chi connectivity index (χ3v) is 3.40. The number of nitrogens with zero attached hydrogens (tertiary/aromatic N) is 3. The molecule has 0 atom stereocenters. The lowest BCUT2D eigenvalue weighted by molar-refractivity contribution is 0.394. The second-order valence-electron chi connectivity index (χ2n) is 4.76. The van der Waals surface area contributed by atoms with Crippen molar-refractivity contribution in [3.63, 3.8) is 0 Å². The van der Waals surface area contributed by atoms with Gasteiger partial charge in [-0.05, 0) is 30.7 Å². The van der Waals surface area contributed by atoms with Crippen LogP contribution in [0.15, 0.2) is 30.5 Å². The summed E-state index contributed by atoms with van der Waals surface area (Å²) in [6, 6.07) is 7.48. The Morgan fingerprint density at radius 1 is 1.00 bits per heavy atom. The lowest BCUT2D eigenvalue weighted by Crippen LogP contribution is -1.96. The van der Waals surface area contributed by atoms with Gasteiger partial charge in [-0.2, -0.15) is 0 Å². The number of anilines is 1. The SMILES string of the molecule is COc1cc(OC)cc(-c2nnc3cc(C)c(N)cn23)c1. The van der Waals surface area contributed by atoms with E-state index >= 15 is 0 Å². The summed E-state index contributed by atoms with van der Waals surface area (Å²) in [7, 11) is 3.23. The van der Waals surface area contributed by atoms with Crippen molar-refractivity contribution < 1.29 is 9.47 Å². The third-order valence-electron chi connectivity index (χ3n) is 3.40. The van der Waals surface area contributed by atoms with Gasteiger partial charge in [0.25, 0.3) is 0 Å². The van der Waals surface area contributed by atoms with Gasteiger partial charge < -0.3 is 15.2 Å². The zero-order valence-corrected chi connectivity index (χ0v) is 12.1. The van der Waals surface area contributed by atoms with Gasteiger partial charge in [0.2, 0.25) is 0 Å².